The Kier molecular flexibility index (Phi) is 4.63. The molecule has 144 valence electrons. The van der Waals surface area contributed by atoms with Crippen LogP contribution in [0, 0.1) is 5.82 Å². The summed E-state index contributed by atoms with van der Waals surface area (Å²) in [6.45, 7) is 5.81. The number of fused-ring (bicyclic) bond motifs is 2. The Morgan fingerprint density at radius 3 is 2.56 bits per heavy atom. The van der Waals surface area contributed by atoms with E-state index in [1.54, 1.807) is 0 Å². The Hall–Kier alpha value is -2.41. The summed E-state index contributed by atoms with van der Waals surface area (Å²) in [5.41, 5.74) is 1.86. The van der Waals surface area contributed by atoms with Crippen LogP contribution in [0.1, 0.15) is 25.6 Å². The molecule has 1 fully saturated rings. The van der Waals surface area contributed by atoms with E-state index in [9.17, 15) is 9.18 Å². The monoisotopic (exact) mass is 371 g/mol. The second kappa shape index (κ2) is 6.96. The number of nitrogens with zero attached hydrogens (tertiary/aromatic N) is 4. The summed E-state index contributed by atoms with van der Waals surface area (Å²) in [4.78, 5) is 21.2. The van der Waals surface area contributed by atoms with E-state index < -0.39 is 0 Å². The van der Waals surface area contributed by atoms with Crippen molar-refractivity contribution in [1.82, 2.24) is 24.7 Å². The lowest BCUT2D eigenvalue weighted by molar-refractivity contribution is 0.0187. The third-order valence-corrected chi connectivity index (χ3v) is 6.01. The fraction of sp³-hybridized carbons (Fsp3) is 0.500. The van der Waals surface area contributed by atoms with Gasteiger partial charge in [-0.25, -0.2) is 14.2 Å². The van der Waals surface area contributed by atoms with Gasteiger partial charge in [-0.1, -0.05) is 0 Å². The molecule has 1 saturated heterocycles. The van der Waals surface area contributed by atoms with Gasteiger partial charge in [-0.15, -0.1) is 0 Å². The summed E-state index contributed by atoms with van der Waals surface area (Å²) in [6, 6.07) is 6.61. The average molecular weight is 371 g/mol. The number of amides is 2. The van der Waals surface area contributed by atoms with Crippen LogP contribution < -0.4 is 5.32 Å². The molecule has 3 heterocycles. The van der Waals surface area contributed by atoms with Crippen LogP contribution in [-0.2, 0) is 12.1 Å². The van der Waals surface area contributed by atoms with Gasteiger partial charge in [-0.2, -0.15) is 0 Å². The first kappa shape index (κ1) is 18.0. The standard InChI is InChI=1S/C20H26FN5O/c1-3-22-19(27)25-10-8-20(9-11-25)18-23-14-17(26(18)13-12-24(20)2)15-4-6-16(21)7-5-15/h4-7,14H,3,8-13H2,1-2H3,(H,22,27). The van der Waals surface area contributed by atoms with Crippen LogP contribution in [0.25, 0.3) is 11.3 Å². The van der Waals surface area contributed by atoms with Crippen molar-refractivity contribution in [3.05, 3.63) is 42.1 Å². The smallest absolute Gasteiger partial charge is 0.317 e. The zero-order valence-corrected chi connectivity index (χ0v) is 15.9. The molecule has 2 aliphatic heterocycles. The normalized spacial score (nSPS) is 19.1. The molecule has 1 aromatic heterocycles. The maximum absolute atomic E-state index is 13.3. The fourth-order valence-corrected chi connectivity index (χ4v) is 4.41. The number of imidazole rings is 1. The van der Waals surface area contributed by atoms with Gasteiger partial charge in [0.1, 0.15) is 11.6 Å². The van der Waals surface area contributed by atoms with E-state index >= 15 is 0 Å². The van der Waals surface area contributed by atoms with Gasteiger partial charge in [0.2, 0.25) is 0 Å². The van der Waals surface area contributed by atoms with Gasteiger partial charge in [0, 0.05) is 32.7 Å². The largest absolute Gasteiger partial charge is 0.338 e. The van der Waals surface area contributed by atoms with E-state index in [4.69, 9.17) is 4.98 Å². The average Bonchev–Trinajstić information content (AvgIpc) is 3.11. The number of carbonyl (C=O) groups excluding carboxylic acids is 1. The molecule has 2 aliphatic rings. The van der Waals surface area contributed by atoms with E-state index in [-0.39, 0.29) is 17.4 Å². The first-order valence-electron chi connectivity index (χ1n) is 9.61. The Morgan fingerprint density at radius 2 is 1.89 bits per heavy atom. The van der Waals surface area contributed by atoms with Crippen LogP contribution in [0.3, 0.4) is 0 Å². The van der Waals surface area contributed by atoms with Crippen LogP contribution in [0.5, 0.6) is 0 Å². The molecule has 27 heavy (non-hydrogen) atoms. The van der Waals surface area contributed by atoms with E-state index in [0.717, 1.165) is 56.1 Å². The van der Waals surface area contributed by atoms with Crippen molar-refractivity contribution >= 4 is 6.03 Å². The third kappa shape index (κ3) is 3.00. The Labute approximate surface area is 159 Å². The van der Waals surface area contributed by atoms with Crippen molar-refractivity contribution in [1.29, 1.82) is 0 Å². The molecule has 0 saturated carbocycles. The topological polar surface area (TPSA) is 53.4 Å². The van der Waals surface area contributed by atoms with Crippen molar-refractivity contribution in [3.8, 4) is 11.3 Å². The minimum Gasteiger partial charge on any atom is -0.338 e. The number of hydrogen-bond acceptors (Lipinski definition) is 3. The number of urea groups is 1. The number of piperidine rings is 1. The highest BCUT2D eigenvalue weighted by molar-refractivity contribution is 5.74. The summed E-state index contributed by atoms with van der Waals surface area (Å²) >= 11 is 0. The fourth-order valence-electron chi connectivity index (χ4n) is 4.41. The van der Waals surface area contributed by atoms with Crippen molar-refractivity contribution < 1.29 is 9.18 Å². The SMILES string of the molecule is CCNC(=O)N1CCC2(CC1)c1ncc(-c3ccc(F)cc3)n1CCN2C. The van der Waals surface area contributed by atoms with Gasteiger partial charge in [0.05, 0.1) is 17.4 Å². The molecule has 7 heteroatoms. The molecule has 0 unspecified atom stereocenters. The first-order valence-corrected chi connectivity index (χ1v) is 9.61. The highest BCUT2D eigenvalue weighted by atomic mass is 19.1. The molecule has 2 amide bonds. The molecule has 6 nitrogen and oxygen atoms in total. The van der Waals surface area contributed by atoms with E-state index in [1.807, 2.05) is 30.2 Å². The summed E-state index contributed by atoms with van der Waals surface area (Å²) in [7, 11) is 2.15. The number of benzene rings is 1. The lowest BCUT2D eigenvalue weighted by atomic mass is 9.83. The first-order chi connectivity index (χ1) is 13.0. The predicted molar refractivity (Wildman–Crippen MR) is 102 cm³/mol. The number of likely N-dealkylation sites (N-methyl/N-ethyl adjacent to an activating group) is 1. The highest BCUT2D eigenvalue weighted by Crippen LogP contribution is 2.41. The second-order valence-corrected chi connectivity index (χ2v) is 7.40. The minimum atomic E-state index is -0.230. The number of likely N-dealkylation sites (tertiary alicyclic amines) is 1. The molecular weight excluding hydrogens is 345 g/mol. The molecule has 4 rings (SSSR count). The number of rotatable bonds is 2. The predicted octanol–water partition coefficient (Wildman–Crippen LogP) is 2.66. The van der Waals surface area contributed by atoms with E-state index in [1.165, 1.54) is 12.1 Å². The van der Waals surface area contributed by atoms with E-state index in [2.05, 4.69) is 21.8 Å². The Morgan fingerprint density at radius 1 is 1.19 bits per heavy atom. The quantitative estimate of drug-likeness (QED) is 0.883. The molecule has 2 aromatic rings. The van der Waals surface area contributed by atoms with Crippen molar-refractivity contribution in [3.63, 3.8) is 0 Å². The van der Waals surface area contributed by atoms with Crippen molar-refractivity contribution in [2.75, 3.05) is 33.2 Å². The number of hydrogen-bond donors (Lipinski definition) is 1. The van der Waals surface area contributed by atoms with Crippen LogP contribution >= 0.6 is 0 Å². The lowest BCUT2D eigenvalue weighted by Gasteiger charge is -2.49. The third-order valence-electron chi connectivity index (χ3n) is 6.01. The zero-order valence-electron chi connectivity index (χ0n) is 15.9. The summed E-state index contributed by atoms with van der Waals surface area (Å²) in [6.07, 6.45) is 3.63. The highest BCUT2D eigenvalue weighted by Gasteiger charge is 2.46. The molecule has 0 aliphatic carbocycles. The molecule has 0 atom stereocenters. The van der Waals surface area contributed by atoms with Gasteiger partial charge in [0.25, 0.3) is 0 Å². The van der Waals surface area contributed by atoms with Gasteiger partial charge in [0.15, 0.2) is 0 Å². The molecule has 0 bridgehead atoms. The zero-order chi connectivity index (χ0) is 19.0. The number of aromatic nitrogens is 2. The van der Waals surface area contributed by atoms with E-state index in [0.29, 0.717) is 6.54 Å². The summed E-state index contributed by atoms with van der Waals surface area (Å²) in [5, 5.41) is 2.89. The van der Waals surface area contributed by atoms with Crippen LogP contribution in [-0.4, -0.2) is 58.6 Å². The van der Waals surface area contributed by atoms with Gasteiger partial charge in [-0.05, 0) is 56.6 Å². The maximum Gasteiger partial charge on any atom is 0.317 e. The number of halogens is 1. The van der Waals surface area contributed by atoms with Crippen LogP contribution in [0.4, 0.5) is 9.18 Å². The van der Waals surface area contributed by atoms with Crippen molar-refractivity contribution in [2.24, 2.45) is 0 Å². The second-order valence-electron chi connectivity index (χ2n) is 7.40. The maximum atomic E-state index is 13.3. The molecule has 0 radical (unpaired) electrons. The summed E-state index contributed by atoms with van der Waals surface area (Å²) < 4.78 is 15.6. The Bertz CT molecular complexity index is 823. The molecule has 1 spiro atoms. The minimum absolute atomic E-state index is 0.0150. The van der Waals surface area contributed by atoms with Crippen LogP contribution in [0.15, 0.2) is 30.5 Å². The number of carbonyl (C=O) groups is 1. The molecular formula is C20H26FN5O. The molecule has 1 aromatic carbocycles. The lowest BCUT2D eigenvalue weighted by Crippen LogP contribution is -2.58. The number of nitrogens with one attached hydrogen (secondary N) is 1. The Balaban J connectivity index is 1.63. The molecule has 1 N–H and O–H groups in total. The van der Waals surface area contributed by atoms with Crippen LogP contribution in [0.2, 0.25) is 0 Å². The van der Waals surface area contributed by atoms with Crippen molar-refractivity contribution in [2.45, 2.75) is 31.8 Å². The van der Waals surface area contributed by atoms with Gasteiger partial charge in [-0.3, -0.25) is 4.90 Å². The van der Waals surface area contributed by atoms with Gasteiger partial charge >= 0.3 is 6.03 Å². The summed E-state index contributed by atoms with van der Waals surface area (Å²) in [5.74, 6) is 0.831. The van der Waals surface area contributed by atoms with Gasteiger partial charge < -0.3 is 14.8 Å².